The Morgan fingerprint density at radius 3 is 2.47 bits per heavy atom. The number of methoxy groups -OCH3 is 1. The Balaban J connectivity index is 1.92. The summed E-state index contributed by atoms with van der Waals surface area (Å²) < 4.78 is 31.1. The molecule has 1 aliphatic heterocycles. The lowest BCUT2D eigenvalue weighted by Gasteiger charge is -2.26. The van der Waals surface area contributed by atoms with E-state index in [1.54, 1.807) is 7.11 Å². The van der Waals surface area contributed by atoms with Crippen molar-refractivity contribution in [2.75, 3.05) is 20.2 Å². The molecule has 0 aromatic heterocycles. The van der Waals surface area contributed by atoms with E-state index in [-0.39, 0.29) is 5.25 Å². The number of ether oxygens (including phenoxy) is 1. The summed E-state index contributed by atoms with van der Waals surface area (Å²) in [6.45, 7) is 1.40. The summed E-state index contributed by atoms with van der Waals surface area (Å²) in [4.78, 5) is 0. The number of rotatable bonds is 5. The van der Waals surface area contributed by atoms with Gasteiger partial charge in [-0.2, -0.15) is 0 Å². The number of sulfonamides is 1. The van der Waals surface area contributed by atoms with Gasteiger partial charge in [-0.1, -0.05) is 12.1 Å². The van der Waals surface area contributed by atoms with Crippen molar-refractivity contribution in [1.82, 2.24) is 10.0 Å². The Bertz CT molecular complexity index is 466. The van der Waals surface area contributed by atoms with Gasteiger partial charge in [0.15, 0.2) is 0 Å². The fourth-order valence-electron chi connectivity index (χ4n) is 1.53. The van der Waals surface area contributed by atoms with E-state index in [1.807, 2.05) is 24.3 Å². The van der Waals surface area contributed by atoms with Gasteiger partial charge >= 0.3 is 0 Å². The summed E-state index contributed by atoms with van der Waals surface area (Å²) in [7, 11) is -1.58. The molecule has 1 aromatic rings. The van der Waals surface area contributed by atoms with Gasteiger partial charge in [0.1, 0.15) is 11.0 Å². The maximum absolute atomic E-state index is 11.7. The van der Waals surface area contributed by atoms with E-state index < -0.39 is 10.0 Å². The lowest BCUT2D eigenvalue weighted by atomic mass is 10.2. The molecule has 0 amide bonds. The zero-order valence-corrected chi connectivity index (χ0v) is 10.5. The third-order valence-electron chi connectivity index (χ3n) is 2.82. The van der Waals surface area contributed by atoms with Gasteiger partial charge in [0, 0.05) is 19.6 Å². The second-order valence-electron chi connectivity index (χ2n) is 3.99. The third-order valence-corrected chi connectivity index (χ3v) is 4.58. The molecule has 0 spiro atoms. The number of hydrogen-bond acceptors (Lipinski definition) is 4. The normalized spacial score (nSPS) is 16.5. The fraction of sp³-hybridized carbons (Fsp3) is 0.455. The summed E-state index contributed by atoms with van der Waals surface area (Å²) >= 11 is 0. The molecular weight excluding hydrogens is 240 g/mol. The second kappa shape index (κ2) is 5.03. The minimum Gasteiger partial charge on any atom is -0.497 e. The molecule has 17 heavy (non-hydrogen) atoms. The van der Waals surface area contributed by atoms with Gasteiger partial charge in [-0.05, 0) is 17.7 Å². The lowest BCUT2D eigenvalue weighted by molar-refractivity contribution is 0.414. The molecule has 0 saturated carbocycles. The number of nitrogens with one attached hydrogen (secondary N) is 2. The zero-order chi connectivity index (χ0) is 12.3. The summed E-state index contributed by atoms with van der Waals surface area (Å²) in [6.07, 6.45) is 0. The van der Waals surface area contributed by atoms with Crippen molar-refractivity contribution in [2.45, 2.75) is 11.8 Å². The van der Waals surface area contributed by atoms with Gasteiger partial charge < -0.3 is 10.1 Å². The average Bonchev–Trinajstić information content (AvgIpc) is 2.24. The topological polar surface area (TPSA) is 67.4 Å². The SMILES string of the molecule is COc1ccc(CNS(=O)(=O)C2CNC2)cc1. The second-order valence-corrected chi connectivity index (χ2v) is 6.04. The van der Waals surface area contributed by atoms with E-state index in [2.05, 4.69) is 10.0 Å². The van der Waals surface area contributed by atoms with Crippen molar-refractivity contribution in [1.29, 1.82) is 0 Å². The van der Waals surface area contributed by atoms with Gasteiger partial charge in [0.2, 0.25) is 10.0 Å². The van der Waals surface area contributed by atoms with Crippen LogP contribution in [-0.4, -0.2) is 33.9 Å². The summed E-state index contributed by atoms with van der Waals surface area (Å²) in [5.41, 5.74) is 0.918. The van der Waals surface area contributed by atoms with E-state index in [0.29, 0.717) is 19.6 Å². The Kier molecular flexibility index (Phi) is 3.66. The molecule has 2 N–H and O–H groups in total. The molecule has 0 unspecified atom stereocenters. The molecule has 0 atom stereocenters. The van der Waals surface area contributed by atoms with Gasteiger partial charge in [0.25, 0.3) is 0 Å². The van der Waals surface area contributed by atoms with Crippen molar-refractivity contribution in [3.63, 3.8) is 0 Å². The fourth-order valence-corrected chi connectivity index (χ4v) is 2.80. The van der Waals surface area contributed by atoms with Gasteiger partial charge in [-0.25, -0.2) is 13.1 Å². The molecule has 2 rings (SSSR count). The van der Waals surface area contributed by atoms with E-state index in [9.17, 15) is 8.42 Å². The van der Waals surface area contributed by atoms with Crippen LogP contribution >= 0.6 is 0 Å². The highest BCUT2D eigenvalue weighted by atomic mass is 32.2. The maximum atomic E-state index is 11.7. The summed E-state index contributed by atoms with van der Waals surface area (Å²) in [5, 5.41) is 2.65. The third kappa shape index (κ3) is 2.96. The molecule has 1 aliphatic rings. The van der Waals surface area contributed by atoms with Crippen LogP contribution in [0.5, 0.6) is 5.75 Å². The van der Waals surface area contributed by atoms with Crippen molar-refractivity contribution < 1.29 is 13.2 Å². The largest absolute Gasteiger partial charge is 0.497 e. The van der Waals surface area contributed by atoms with Gasteiger partial charge in [-0.3, -0.25) is 0 Å². The number of benzene rings is 1. The van der Waals surface area contributed by atoms with Crippen LogP contribution in [0.15, 0.2) is 24.3 Å². The molecule has 1 aromatic carbocycles. The molecule has 0 radical (unpaired) electrons. The molecule has 94 valence electrons. The first-order valence-corrected chi connectivity index (χ1v) is 6.98. The minimum atomic E-state index is -3.18. The molecule has 5 nitrogen and oxygen atoms in total. The first-order chi connectivity index (χ1) is 8.12. The average molecular weight is 256 g/mol. The smallest absolute Gasteiger partial charge is 0.217 e. The first-order valence-electron chi connectivity index (χ1n) is 5.44. The summed E-state index contributed by atoms with van der Waals surface area (Å²) in [6, 6.07) is 7.32. The van der Waals surface area contributed by atoms with E-state index >= 15 is 0 Å². The number of hydrogen-bond donors (Lipinski definition) is 2. The van der Waals surface area contributed by atoms with E-state index in [1.165, 1.54) is 0 Å². The maximum Gasteiger partial charge on any atom is 0.217 e. The van der Waals surface area contributed by atoms with Crippen molar-refractivity contribution in [3.05, 3.63) is 29.8 Å². The van der Waals surface area contributed by atoms with Crippen LogP contribution in [0.25, 0.3) is 0 Å². The summed E-state index contributed by atoms with van der Waals surface area (Å²) in [5.74, 6) is 0.764. The lowest BCUT2D eigenvalue weighted by Crippen LogP contribution is -2.54. The Hall–Kier alpha value is -1.11. The predicted molar refractivity (Wildman–Crippen MR) is 65.4 cm³/mol. The van der Waals surface area contributed by atoms with Gasteiger partial charge in [0.05, 0.1) is 7.11 Å². The zero-order valence-electron chi connectivity index (χ0n) is 9.64. The standard InChI is InChI=1S/C11H16N2O3S/c1-16-10-4-2-9(3-5-10)6-13-17(14,15)11-7-12-8-11/h2-5,11-13H,6-8H2,1H3. The predicted octanol–water partition coefficient (Wildman–Crippen LogP) is 0.0864. The van der Waals surface area contributed by atoms with Crippen LogP contribution in [0.2, 0.25) is 0 Å². The van der Waals surface area contributed by atoms with Crippen LogP contribution < -0.4 is 14.8 Å². The van der Waals surface area contributed by atoms with Crippen LogP contribution in [0.4, 0.5) is 0 Å². The van der Waals surface area contributed by atoms with Crippen LogP contribution in [0, 0.1) is 0 Å². The van der Waals surface area contributed by atoms with Crippen LogP contribution in [0.3, 0.4) is 0 Å². The molecule has 6 heteroatoms. The van der Waals surface area contributed by atoms with Crippen LogP contribution in [-0.2, 0) is 16.6 Å². The highest BCUT2D eigenvalue weighted by Gasteiger charge is 2.30. The van der Waals surface area contributed by atoms with Crippen molar-refractivity contribution in [2.24, 2.45) is 0 Å². The molecule has 0 aliphatic carbocycles. The Labute approximate surface area is 101 Å². The van der Waals surface area contributed by atoms with E-state index in [4.69, 9.17) is 4.74 Å². The first kappa shape index (κ1) is 12.3. The van der Waals surface area contributed by atoms with Crippen molar-refractivity contribution in [3.8, 4) is 5.75 Å². The molecule has 1 heterocycles. The Morgan fingerprint density at radius 2 is 2.00 bits per heavy atom. The quantitative estimate of drug-likeness (QED) is 0.783. The molecule has 0 bridgehead atoms. The van der Waals surface area contributed by atoms with E-state index in [0.717, 1.165) is 11.3 Å². The Morgan fingerprint density at radius 1 is 1.35 bits per heavy atom. The molecule has 1 saturated heterocycles. The minimum absolute atomic E-state index is 0.291. The van der Waals surface area contributed by atoms with Crippen molar-refractivity contribution >= 4 is 10.0 Å². The molecular formula is C11H16N2O3S. The van der Waals surface area contributed by atoms with Crippen LogP contribution in [0.1, 0.15) is 5.56 Å². The monoisotopic (exact) mass is 256 g/mol. The highest BCUT2D eigenvalue weighted by molar-refractivity contribution is 7.90. The van der Waals surface area contributed by atoms with Gasteiger partial charge in [-0.15, -0.1) is 0 Å². The highest BCUT2D eigenvalue weighted by Crippen LogP contribution is 2.12. The molecule has 1 fully saturated rings.